The zero-order chi connectivity index (χ0) is 19.3. The van der Waals surface area contributed by atoms with Gasteiger partial charge < -0.3 is 14.8 Å². The quantitative estimate of drug-likeness (QED) is 0.750. The third kappa shape index (κ3) is 2.80. The third-order valence-electron chi connectivity index (χ3n) is 5.59. The van der Waals surface area contributed by atoms with Gasteiger partial charge in [0.1, 0.15) is 6.54 Å². The fourth-order valence-corrected chi connectivity index (χ4v) is 4.19. The van der Waals surface area contributed by atoms with E-state index in [1.54, 1.807) is 10.5 Å². The van der Waals surface area contributed by atoms with E-state index in [0.717, 1.165) is 36.6 Å². The molecule has 1 N–H and O–H groups in total. The SMILES string of the molecule is Cc1cc2cc3c(cc2n2c(=O)n(CC(=O)NC4CCCCC4)nc12)OCO3. The Bertz CT molecular complexity index is 1140. The van der Waals surface area contributed by atoms with Crippen LogP contribution >= 0.6 is 0 Å². The molecule has 1 aliphatic carbocycles. The first kappa shape index (κ1) is 17.1. The summed E-state index contributed by atoms with van der Waals surface area (Å²) >= 11 is 0. The molecule has 8 heteroatoms. The molecular weight excluding hydrogens is 360 g/mol. The second kappa shape index (κ2) is 6.54. The number of hydrogen-bond donors (Lipinski definition) is 1. The Kier molecular flexibility index (Phi) is 3.99. The normalized spacial score (nSPS) is 16.8. The summed E-state index contributed by atoms with van der Waals surface area (Å²) in [6.45, 7) is 1.99. The maximum absolute atomic E-state index is 13.0. The molecule has 0 bridgehead atoms. The number of ether oxygens (including phenoxy) is 2. The van der Waals surface area contributed by atoms with E-state index in [1.165, 1.54) is 11.1 Å². The number of nitrogens with zero attached hydrogens (tertiary/aromatic N) is 3. The van der Waals surface area contributed by atoms with E-state index >= 15 is 0 Å². The van der Waals surface area contributed by atoms with Crippen molar-refractivity contribution in [3.8, 4) is 11.5 Å². The molecule has 1 saturated carbocycles. The number of fused-ring (bicyclic) bond motifs is 4. The average Bonchev–Trinajstić information content (AvgIpc) is 3.26. The summed E-state index contributed by atoms with van der Waals surface area (Å²) in [7, 11) is 0. The molecule has 5 rings (SSSR count). The van der Waals surface area contributed by atoms with E-state index in [4.69, 9.17) is 9.47 Å². The molecule has 8 nitrogen and oxygen atoms in total. The van der Waals surface area contributed by atoms with Gasteiger partial charge in [-0.2, -0.15) is 0 Å². The maximum atomic E-state index is 13.0. The lowest BCUT2D eigenvalue weighted by Gasteiger charge is -2.22. The van der Waals surface area contributed by atoms with E-state index < -0.39 is 0 Å². The number of aryl methyl sites for hydroxylation is 1. The van der Waals surface area contributed by atoms with Gasteiger partial charge in [0.15, 0.2) is 17.1 Å². The maximum Gasteiger partial charge on any atom is 0.351 e. The molecule has 2 aromatic heterocycles. The summed E-state index contributed by atoms with van der Waals surface area (Å²) in [5.41, 5.74) is 1.76. The fourth-order valence-electron chi connectivity index (χ4n) is 4.19. The van der Waals surface area contributed by atoms with Crippen LogP contribution in [-0.4, -0.2) is 32.9 Å². The van der Waals surface area contributed by atoms with E-state index in [1.807, 2.05) is 19.1 Å². The molecule has 3 aromatic rings. The number of pyridine rings is 1. The lowest BCUT2D eigenvalue weighted by molar-refractivity contribution is -0.122. The minimum Gasteiger partial charge on any atom is -0.454 e. The molecule has 146 valence electrons. The first-order chi connectivity index (χ1) is 13.6. The van der Waals surface area contributed by atoms with Gasteiger partial charge in [-0.15, -0.1) is 5.10 Å². The Hall–Kier alpha value is -3.03. The van der Waals surface area contributed by atoms with Gasteiger partial charge in [-0.1, -0.05) is 19.3 Å². The largest absolute Gasteiger partial charge is 0.454 e. The Labute approximate surface area is 161 Å². The number of hydrogen-bond acceptors (Lipinski definition) is 5. The highest BCUT2D eigenvalue weighted by Gasteiger charge is 2.21. The van der Waals surface area contributed by atoms with Crippen LogP contribution < -0.4 is 20.5 Å². The van der Waals surface area contributed by atoms with Gasteiger partial charge in [0.05, 0.1) is 5.52 Å². The van der Waals surface area contributed by atoms with Crippen molar-refractivity contribution in [2.75, 3.05) is 6.79 Å². The van der Waals surface area contributed by atoms with E-state index in [0.29, 0.717) is 22.7 Å². The highest BCUT2D eigenvalue weighted by molar-refractivity contribution is 5.87. The fraction of sp³-hybridized carbons (Fsp3) is 0.450. The van der Waals surface area contributed by atoms with Gasteiger partial charge in [-0.25, -0.2) is 13.9 Å². The molecule has 0 spiro atoms. The van der Waals surface area contributed by atoms with E-state index in [9.17, 15) is 9.59 Å². The van der Waals surface area contributed by atoms with Crippen LogP contribution in [0.5, 0.6) is 11.5 Å². The first-order valence-electron chi connectivity index (χ1n) is 9.72. The van der Waals surface area contributed by atoms with Gasteiger partial charge in [0, 0.05) is 17.5 Å². The monoisotopic (exact) mass is 382 g/mol. The van der Waals surface area contributed by atoms with Crippen molar-refractivity contribution < 1.29 is 14.3 Å². The topological polar surface area (TPSA) is 86.9 Å². The highest BCUT2D eigenvalue weighted by Crippen LogP contribution is 2.36. The standard InChI is InChI=1S/C20H22N4O4/c1-12-7-13-8-16-17(28-11-27-16)9-15(13)24-19(12)22-23(20(24)26)10-18(25)21-14-5-3-2-4-6-14/h7-9,14H,2-6,10-11H2,1H3,(H,21,25). The molecule has 1 fully saturated rings. The Morgan fingerprint density at radius 3 is 2.71 bits per heavy atom. The molecule has 2 aliphatic rings. The van der Waals surface area contributed by atoms with Crippen LogP contribution in [0.2, 0.25) is 0 Å². The van der Waals surface area contributed by atoms with Gasteiger partial charge in [-0.05, 0) is 37.5 Å². The van der Waals surface area contributed by atoms with Crippen molar-refractivity contribution in [2.45, 2.75) is 51.6 Å². The number of rotatable bonds is 3. The Morgan fingerprint density at radius 2 is 1.93 bits per heavy atom. The Morgan fingerprint density at radius 1 is 1.18 bits per heavy atom. The van der Waals surface area contributed by atoms with Crippen molar-refractivity contribution in [2.24, 2.45) is 0 Å². The summed E-state index contributed by atoms with van der Waals surface area (Å²) in [4.78, 5) is 25.5. The average molecular weight is 382 g/mol. The van der Waals surface area contributed by atoms with E-state index in [-0.39, 0.29) is 31.0 Å². The zero-order valence-corrected chi connectivity index (χ0v) is 15.7. The van der Waals surface area contributed by atoms with Crippen LogP contribution in [0.1, 0.15) is 37.7 Å². The molecular formula is C20H22N4O4. The number of benzene rings is 1. The molecule has 0 radical (unpaired) electrons. The summed E-state index contributed by atoms with van der Waals surface area (Å²) in [5, 5.41) is 8.33. The van der Waals surface area contributed by atoms with Gasteiger partial charge in [0.2, 0.25) is 12.7 Å². The lowest BCUT2D eigenvalue weighted by Crippen LogP contribution is -2.40. The summed E-state index contributed by atoms with van der Waals surface area (Å²) in [6.07, 6.45) is 5.51. The van der Waals surface area contributed by atoms with Gasteiger partial charge in [0.25, 0.3) is 0 Å². The molecule has 0 unspecified atom stereocenters. The predicted octanol–water partition coefficient (Wildman–Crippen LogP) is 2.14. The number of nitrogens with one attached hydrogen (secondary N) is 1. The summed E-state index contributed by atoms with van der Waals surface area (Å²) in [5.74, 6) is 1.10. The molecule has 0 saturated heterocycles. The van der Waals surface area contributed by atoms with Gasteiger partial charge in [-0.3, -0.25) is 4.79 Å². The van der Waals surface area contributed by atoms with Crippen LogP contribution in [0.4, 0.5) is 0 Å². The zero-order valence-electron chi connectivity index (χ0n) is 15.7. The highest BCUT2D eigenvalue weighted by atomic mass is 16.7. The van der Waals surface area contributed by atoms with Crippen molar-refractivity contribution in [3.05, 3.63) is 34.2 Å². The summed E-state index contributed by atoms with van der Waals surface area (Å²) in [6, 6.07) is 5.82. The van der Waals surface area contributed by atoms with Crippen molar-refractivity contribution in [1.29, 1.82) is 0 Å². The number of carbonyl (C=O) groups excluding carboxylic acids is 1. The predicted molar refractivity (Wildman–Crippen MR) is 103 cm³/mol. The molecule has 1 aliphatic heterocycles. The number of amides is 1. The minimum atomic E-state index is -0.332. The summed E-state index contributed by atoms with van der Waals surface area (Å²) < 4.78 is 13.7. The van der Waals surface area contributed by atoms with Gasteiger partial charge >= 0.3 is 5.69 Å². The van der Waals surface area contributed by atoms with Crippen LogP contribution in [0, 0.1) is 6.92 Å². The van der Waals surface area contributed by atoms with Crippen molar-refractivity contribution >= 4 is 22.5 Å². The smallest absolute Gasteiger partial charge is 0.351 e. The molecule has 1 aromatic carbocycles. The first-order valence-corrected chi connectivity index (χ1v) is 9.72. The molecule has 0 atom stereocenters. The van der Waals surface area contributed by atoms with Crippen molar-refractivity contribution in [3.63, 3.8) is 0 Å². The van der Waals surface area contributed by atoms with E-state index in [2.05, 4.69) is 10.4 Å². The molecule has 28 heavy (non-hydrogen) atoms. The minimum absolute atomic E-state index is 0.0809. The van der Waals surface area contributed by atoms with Crippen LogP contribution in [0.15, 0.2) is 23.0 Å². The number of aromatic nitrogens is 3. The number of carbonyl (C=O) groups is 1. The van der Waals surface area contributed by atoms with Crippen LogP contribution in [0.3, 0.4) is 0 Å². The molecule has 3 heterocycles. The second-order valence-corrected chi connectivity index (χ2v) is 7.59. The van der Waals surface area contributed by atoms with Crippen molar-refractivity contribution in [1.82, 2.24) is 19.5 Å². The van der Waals surface area contributed by atoms with Crippen LogP contribution in [0.25, 0.3) is 16.6 Å². The lowest BCUT2D eigenvalue weighted by atomic mass is 9.95. The second-order valence-electron chi connectivity index (χ2n) is 7.59. The van der Waals surface area contributed by atoms with Crippen LogP contribution in [-0.2, 0) is 11.3 Å². The molecule has 1 amide bonds. The third-order valence-corrected chi connectivity index (χ3v) is 5.59. The Balaban J connectivity index is 1.53.